The SMILES string of the molecule is COC(=O)CCCc1ccc(C(NS(=O)(=O)c2ccc(C)cc2)c2ccc(F)cc2)cc1. The summed E-state index contributed by atoms with van der Waals surface area (Å²) in [4.78, 5) is 11.4. The lowest BCUT2D eigenvalue weighted by Crippen LogP contribution is -2.29. The highest BCUT2D eigenvalue weighted by Crippen LogP contribution is 2.26. The maximum atomic E-state index is 13.5. The molecule has 0 saturated heterocycles. The first-order chi connectivity index (χ1) is 15.3. The van der Waals surface area contributed by atoms with E-state index in [1.54, 1.807) is 36.4 Å². The van der Waals surface area contributed by atoms with E-state index in [0.717, 1.165) is 16.7 Å². The number of hydrogen-bond acceptors (Lipinski definition) is 4. The van der Waals surface area contributed by atoms with Gasteiger partial charge in [0.25, 0.3) is 0 Å². The second-order valence-corrected chi connectivity index (χ2v) is 9.30. The van der Waals surface area contributed by atoms with Gasteiger partial charge in [-0.15, -0.1) is 0 Å². The van der Waals surface area contributed by atoms with Crippen molar-refractivity contribution in [2.24, 2.45) is 0 Å². The molecule has 0 aromatic heterocycles. The zero-order valence-corrected chi connectivity index (χ0v) is 18.9. The predicted octanol–water partition coefficient (Wildman–Crippen LogP) is 4.70. The van der Waals surface area contributed by atoms with Gasteiger partial charge in [-0.2, -0.15) is 4.72 Å². The van der Waals surface area contributed by atoms with Gasteiger partial charge in [-0.25, -0.2) is 12.8 Å². The third-order valence-electron chi connectivity index (χ3n) is 5.19. The fourth-order valence-corrected chi connectivity index (χ4v) is 4.55. The summed E-state index contributed by atoms with van der Waals surface area (Å²) in [5.41, 5.74) is 3.34. The van der Waals surface area contributed by atoms with Crippen LogP contribution in [-0.4, -0.2) is 21.5 Å². The van der Waals surface area contributed by atoms with Crippen LogP contribution in [0.15, 0.2) is 77.7 Å². The normalized spacial score (nSPS) is 12.3. The smallest absolute Gasteiger partial charge is 0.305 e. The van der Waals surface area contributed by atoms with Gasteiger partial charge < -0.3 is 4.74 Å². The summed E-state index contributed by atoms with van der Waals surface area (Å²) in [6.07, 6.45) is 1.70. The number of carbonyl (C=O) groups excluding carboxylic acids is 1. The summed E-state index contributed by atoms with van der Waals surface area (Å²) in [5.74, 6) is -0.640. The van der Waals surface area contributed by atoms with E-state index in [1.807, 2.05) is 31.2 Å². The van der Waals surface area contributed by atoms with Crippen molar-refractivity contribution in [3.63, 3.8) is 0 Å². The maximum Gasteiger partial charge on any atom is 0.305 e. The van der Waals surface area contributed by atoms with E-state index in [2.05, 4.69) is 9.46 Å². The first kappa shape index (κ1) is 23.6. The van der Waals surface area contributed by atoms with Gasteiger partial charge >= 0.3 is 5.97 Å². The molecule has 0 aliphatic carbocycles. The molecule has 0 saturated carbocycles. The highest BCUT2D eigenvalue weighted by molar-refractivity contribution is 7.89. The van der Waals surface area contributed by atoms with E-state index in [4.69, 9.17) is 0 Å². The number of ether oxygens (including phenoxy) is 1. The van der Waals surface area contributed by atoms with Crippen LogP contribution in [0.5, 0.6) is 0 Å². The number of carbonyl (C=O) groups is 1. The van der Waals surface area contributed by atoms with Gasteiger partial charge in [-0.1, -0.05) is 54.1 Å². The Morgan fingerprint density at radius 3 is 2.06 bits per heavy atom. The molecule has 3 aromatic rings. The van der Waals surface area contributed by atoms with E-state index in [-0.39, 0.29) is 10.9 Å². The lowest BCUT2D eigenvalue weighted by molar-refractivity contribution is -0.140. The van der Waals surface area contributed by atoms with Crippen molar-refractivity contribution < 1.29 is 22.3 Å². The molecule has 0 spiro atoms. The lowest BCUT2D eigenvalue weighted by atomic mass is 9.97. The number of aryl methyl sites for hydroxylation is 2. The number of nitrogens with one attached hydrogen (secondary N) is 1. The Morgan fingerprint density at radius 1 is 0.938 bits per heavy atom. The minimum absolute atomic E-state index is 0.162. The van der Waals surface area contributed by atoms with E-state index in [0.29, 0.717) is 24.8 Å². The summed E-state index contributed by atoms with van der Waals surface area (Å²) in [6.45, 7) is 1.89. The molecule has 1 unspecified atom stereocenters. The zero-order chi connectivity index (χ0) is 23.1. The van der Waals surface area contributed by atoms with Gasteiger partial charge in [0.15, 0.2) is 0 Å². The minimum Gasteiger partial charge on any atom is -0.469 e. The molecule has 5 nitrogen and oxygen atoms in total. The van der Waals surface area contributed by atoms with Crippen molar-refractivity contribution in [3.05, 3.63) is 101 Å². The van der Waals surface area contributed by atoms with Crippen LogP contribution < -0.4 is 4.72 Å². The summed E-state index contributed by atoms with van der Waals surface area (Å²) >= 11 is 0. The Bertz CT molecular complexity index is 1140. The molecule has 168 valence electrons. The summed E-state index contributed by atoms with van der Waals surface area (Å²) in [5, 5.41) is 0. The molecule has 0 fully saturated rings. The Hall–Kier alpha value is -3.03. The fourth-order valence-electron chi connectivity index (χ4n) is 3.34. The van der Waals surface area contributed by atoms with E-state index >= 15 is 0 Å². The van der Waals surface area contributed by atoms with Crippen LogP contribution >= 0.6 is 0 Å². The quantitative estimate of drug-likeness (QED) is 0.475. The Morgan fingerprint density at radius 2 is 1.50 bits per heavy atom. The largest absolute Gasteiger partial charge is 0.469 e. The van der Waals surface area contributed by atoms with Crippen LogP contribution in [0.1, 0.15) is 41.1 Å². The lowest BCUT2D eigenvalue weighted by Gasteiger charge is -2.20. The molecule has 32 heavy (non-hydrogen) atoms. The zero-order valence-electron chi connectivity index (χ0n) is 18.0. The highest BCUT2D eigenvalue weighted by atomic mass is 32.2. The molecule has 0 aliphatic rings. The predicted molar refractivity (Wildman–Crippen MR) is 121 cm³/mol. The molecule has 3 aromatic carbocycles. The van der Waals surface area contributed by atoms with Crippen molar-refractivity contribution in [1.29, 1.82) is 0 Å². The number of halogens is 1. The molecule has 0 aliphatic heterocycles. The first-order valence-corrected chi connectivity index (χ1v) is 11.8. The van der Waals surface area contributed by atoms with Crippen LogP contribution in [0.3, 0.4) is 0 Å². The molecule has 1 N–H and O–H groups in total. The third-order valence-corrected chi connectivity index (χ3v) is 6.63. The van der Waals surface area contributed by atoms with Gasteiger partial charge in [0.2, 0.25) is 10.0 Å². The molecule has 0 amide bonds. The van der Waals surface area contributed by atoms with Crippen LogP contribution in [0.2, 0.25) is 0 Å². The van der Waals surface area contributed by atoms with Gasteiger partial charge in [-0.05, 0) is 60.7 Å². The molecule has 7 heteroatoms. The number of rotatable bonds is 9. The van der Waals surface area contributed by atoms with Gasteiger partial charge in [0, 0.05) is 6.42 Å². The molecular formula is C25H26FNO4S. The van der Waals surface area contributed by atoms with Crippen LogP contribution in [0.4, 0.5) is 4.39 Å². The summed E-state index contributed by atoms with van der Waals surface area (Å²) < 4.78 is 47.0. The maximum absolute atomic E-state index is 13.5. The van der Waals surface area contributed by atoms with Crippen molar-refractivity contribution in [3.8, 4) is 0 Å². The standard InChI is InChI=1S/C25H26FNO4S/c1-18-6-16-23(17-7-18)32(29,30)27-25(21-12-14-22(26)15-13-21)20-10-8-19(9-11-20)4-3-5-24(28)31-2/h6-17,25,27H,3-5H2,1-2H3. The minimum atomic E-state index is -3.81. The van der Waals surface area contributed by atoms with Crippen molar-refractivity contribution >= 4 is 16.0 Å². The number of benzene rings is 3. The molecule has 1 atom stereocenters. The van der Waals surface area contributed by atoms with Gasteiger partial charge in [0.1, 0.15) is 5.82 Å². The molecule has 3 rings (SSSR count). The Labute approximate surface area is 188 Å². The second-order valence-electron chi connectivity index (χ2n) is 7.59. The van der Waals surface area contributed by atoms with E-state index in [9.17, 15) is 17.6 Å². The number of hydrogen-bond donors (Lipinski definition) is 1. The monoisotopic (exact) mass is 455 g/mol. The van der Waals surface area contributed by atoms with Crippen molar-refractivity contribution in [2.45, 2.75) is 37.1 Å². The first-order valence-electron chi connectivity index (χ1n) is 10.3. The van der Waals surface area contributed by atoms with E-state index < -0.39 is 21.9 Å². The fraction of sp³-hybridized carbons (Fsp3) is 0.240. The van der Waals surface area contributed by atoms with Crippen molar-refractivity contribution in [1.82, 2.24) is 4.72 Å². The van der Waals surface area contributed by atoms with E-state index in [1.165, 1.54) is 19.2 Å². The summed E-state index contributed by atoms with van der Waals surface area (Å²) in [7, 11) is -2.45. The average Bonchev–Trinajstić information content (AvgIpc) is 2.79. The van der Waals surface area contributed by atoms with Crippen LogP contribution in [0.25, 0.3) is 0 Å². The molecular weight excluding hydrogens is 429 g/mol. The average molecular weight is 456 g/mol. The molecule has 0 radical (unpaired) electrons. The van der Waals surface area contributed by atoms with Crippen molar-refractivity contribution in [2.75, 3.05) is 7.11 Å². The second kappa shape index (κ2) is 10.5. The third kappa shape index (κ3) is 6.24. The van der Waals surface area contributed by atoms with Crippen LogP contribution in [-0.2, 0) is 26.0 Å². The van der Waals surface area contributed by atoms with Gasteiger partial charge in [-0.3, -0.25) is 4.79 Å². The summed E-state index contributed by atoms with van der Waals surface area (Å²) in [6, 6.07) is 19.2. The number of esters is 1. The topological polar surface area (TPSA) is 72.5 Å². The number of methoxy groups -OCH3 is 1. The van der Waals surface area contributed by atoms with Gasteiger partial charge in [0.05, 0.1) is 18.0 Å². The van der Waals surface area contributed by atoms with Crippen LogP contribution in [0, 0.1) is 12.7 Å². The Balaban J connectivity index is 1.85. The molecule has 0 heterocycles. The highest BCUT2D eigenvalue weighted by Gasteiger charge is 2.23. The number of sulfonamides is 1. The Kier molecular flexibility index (Phi) is 7.77. The molecule has 0 bridgehead atoms.